The predicted molar refractivity (Wildman–Crippen MR) is 51.1 cm³/mol. The van der Waals surface area contributed by atoms with Crippen LogP contribution in [0.25, 0.3) is 0 Å². The summed E-state index contributed by atoms with van der Waals surface area (Å²) in [5, 5.41) is 0. The van der Waals surface area contributed by atoms with Crippen molar-refractivity contribution in [1.29, 1.82) is 0 Å². The molecule has 3 atom stereocenters. The maximum absolute atomic E-state index is 11.4. The maximum atomic E-state index is 11.4. The molecule has 0 spiro atoms. The average Bonchev–Trinajstić information content (AvgIpc) is 2.10. The van der Waals surface area contributed by atoms with Gasteiger partial charge in [-0.25, -0.2) is 0 Å². The van der Waals surface area contributed by atoms with Crippen molar-refractivity contribution in [3.63, 3.8) is 0 Å². The Kier molecular flexibility index (Phi) is 3.72. The molecule has 0 radical (unpaired) electrons. The Labute approximate surface area is 79.6 Å². The average molecular weight is 185 g/mol. The third-order valence-electron chi connectivity index (χ3n) is 2.86. The van der Waals surface area contributed by atoms with Gasteiger partial charge in [-0.1, -0.05) is 6.92 Å². The highest BCUT2D eigenvalue weighted by atomic mass is 16.5. The molecule has 3 nitrogen and oxygen atoms in total. The van der Waals surface area contributed by atoms with Crippen LogP contribution in [0, 0.1) is 11.8 Å². The van der Waals surface area contributed by atoms with Crippen molar-refractivity contribution in [3.8, 4) is 0 Å². The lowest BCUT2D eigenvalue weighted by molar-refractivity contribution is -0.149. The van der Waals surface area contributed by atoms with E-state index >= 15 is 0 Å². The molecule has 0 aromatic heterocycles. The topological polar surface area (TPSA) is 52.3 Å². The molecule has 3 heteroatoms. The molecule has 0 saturated heterocycles. The van der Waals surface area contributed by atoms with E-state index in [2.05, 4.69) is 6.92 Å². The Morgan fingerprint density at radius 2 is 2.23 bits per heavy atom. The van der Waals surface area contributed by atoms with Crippen molar-refractivity contribution < 1.29 is 9.53 Å². The molecule has 1 rings (SSSR count). The van der Waals surface area contributed by atoms with Crippen molar-refractivity contribution >= 4 is 5.97 Å². The van der Waals surface area contributed by atoms with Crippen LogP contribution in [0.3, 0.4) is 0 Å². The highest BCUT2D eigenvalue weighted by molar-refractivity contribution is 5.72. The fraction of sp³-hybridized carbons (Fsp3) is 0.900. The second kappa shape index (κ2) is 4.61. The Bertz CT molecular complexity index is 182. The summed E-state index contributed by atoms with van der Waals surface area (Å²) in [7, 11) is 0. The van der Waals surface area contributed by atoms with E-state index in [0.29, 0.717) is 12.5 Å². The minimum absolute atomic E-state index is 0.0405. The van der Waals surface area contributed by atoms with E-state index in [1.807, 2.05) is 6.92 Å². The molecule has 1 fully saturated rings. The second-order valence-electron chi connectivity index (χ2n) is 3.90. The highest BCUT2D eigenvalue weighted by Crippen LogP contribution is 2.28. The summed E-state index contributed by atoms with van der Waals surface area (Å²) in [6.07, 6.45) is 2.73. The SMILES string of the molecule is CCOC(=O)[C@@H]1CC[C@@H](N)[C@@H](C)C1. The van der Waals surface area contributed by atoms with Crippen LogP contribution in [0.15, 0.2) is 0 Å². The van der Waals surface area contributed by atoms with E-state index in [9.17, 15) is 4.79 Å². The van der Waals surface area contributed by atoms with Gasteiger partial charge < -0.3 is 10.5 Å². The fourth-order valence-electron chi connectivity index (χ4n) is 1.89. The van der Waals surface area contributed by atoms with Gasteiger partial charge in [-0.2, -0.15) is 0 Å². The fourth-order valence-corrected chi connectivity index (χ4v) is 1.89. The Morgan fingerprint density at radius 1 is 1.54 bits per heavy atom. The molecule has 0 unspecified atom stereocenters. The molecule has 0 aromatic rings. The summed E-state index contributed by atoms with van der Waals surface area (Å²) in [5.41, 5.74) is 5.86. The molecule has 0 aromatic carbocycles. The number of nitrogens with two attached hydrogens (primary N) is 1. The van der Waals surface area contributed by atoms with E-state index in [-0.39, 0.29) is 17.9 Å². The van der Waals surface area contributed by atoms with Crippen molar-refractivity contribution in [2.24, 2.45) is 17.6 Å². The first kappa shape index (κ1) is 10.5. The summed E-state index contributed by atoms with van der Waals surface area (Å²) in [6, 6.07) is 0.269. The molecule has 1 aliphatic carbocycles. The Hall–Kier alpha value is -0.570. The third-order valence-corrected chi connectivity index (χ3v) is 2.86. The van der Waals surface area contributed by atoms with Gasteiger partial charge in [0.2, 0.25) is 0 Å². The summed E-state index contributed by atoms with van der Waals surface area (Å²) in [5.74, 6) is 0.499. The minimum atomic E-state index is -0.0405. The lowest BCUT2D eigenvalue weighted by Crippen LogP contribution is -2.37. The van der Waals surface area contributed by atoms with Gasteiger partial charge >= 0.3 is 5.97 Å². The highest BCUT2D eigenvalue weighted by Gasteiger charge is 2.30. The number of carbonyl (C=O) groups is 1. The molecule has 2 N–H and O–H groups in total. The van der Waals surface area contributed by atoms with E-state index < -0.39 is 0 Å². The minimum Gasteiger partial charge on any atom is -0.466 e. The van der Waals surface area contributed by atoms with Gasteiger partial charge in [0, 0.05) is 6.04 Å². The molecule has 13 heavy (non-hydrogen) atoms. The van der Waals surface area contributed by atoms with E-state index in [0.717, 1.165) is 19.3 Å². The predicted octanol–water partition coefficient (Wildman–Crippen LogP) is 1.31. The maximum Gasteiger partial charge on any atom is 0.308 e. The van der Waals surface area contributed by atoms with Crippen LogP contribution in [-0.4, -0.2) is 18.6 Å². The lowest BCUT2D eigenvalue weighted by atomic mass is 9.79. The number of hydrogen-bond acceptors (Lipinski definition) is 3. The van der Waals surface area contributed by atoms with Crippen molar-refractivity contribution in [3.05, 3.63) is 0 Å². The largest absolute Gasteiger partial charge is 0.466 e. The summed E-state index contributed by atoms with van der Waals surface area (Å²) in [4.78, 5) is 11.4. The molecule has 0 heterocycles. The Balaban J connectivity index is 2.40. The zero-order valence-corrected chi connectivity index (χ0v) is 8.45. The first-order chi connectivity index (χ1) is 6.15. The van der Waals surface area contributed by atoms with E-state index in [1.54, 1.807) is 0 Å². The summed E-state index contributed by atoms with van der Waals surface area (Å²) < 4.78 is 4.99. The number of esters is 1. The van der Waals surface area contributed by atoms with Crippen LogP contribution in [0.4, 0.5) is 0 Å². The Morgan fingerprint density at radius 3 is 2.77 bits per heavy atom. The first-order valence-corrected chi connectivity index (χ1v) is 5.07. The van der Waals surface area contributed by atoms with Gasteiger partial charge in [-0.05, 0) is 32.1 Å². The van der Waals surface area contributed by atoms with Crippen LogP contribution in [0.1, 0.15) is 33.1 Å². The van der Waals surface area contributed by atoms with Crippen LogP contribution in [0.2, 0.25) is 0 Å². The second-order valence-corrected chi connectivity index (χ2v) is 3.90. The summed E-state index contributed by atoms with van der Waals surface area (Å²) in [6.45, 7) is 4.43. The van der Waals surface area contributed by atoms with Crippen LogP contribution in [-0.2, 0) is 9.53 Å². The molecule has 0 bridgehead atoms. The first-order valence-electron chi connectivity index (χ1n) is 5.07. The molecular weight excluding hydrogens is 166 g/mol. The number of carbonyl (C=O) groups excluding carboxylic acids is 1. The van der Waals surface area contributed by atoms with Crippen molar-refractivity contribution in [1.82, 2.24) is 0 Å². The van der Waals surface area contributed by atoms with Gasteiger partial charge in [0.25, 0.3) is 0 Å². The van der Waals surface area contributed by atoms with Crippen molar-refractivity contribution in [2.75, 3.05) is 6.61 Å². The molecule has 76 valence electrons. The van der Waals surface area contributed by atoms with E-state index in [4.69, 9.17) is 10.5 Å². The zero-order chi connectivity index (χ0) is 9.84. The van der Waals surface area contributed by atoms with Crippen molar-refractivity contribution in [2.45, 2.75) is 39.2 Å². The van der Waals surface area contributed by atoms with Crippen LogP contribution < -0.4 is 5.73 Å². The van der Waals surface area contributed by atoms with Gasteiger partial charge in [0.15, 0.2) is 0 Å². The number of ether oxygens (including phenoxy) is 1. The number of rotatable bonds is 2. The smallest absolute Gasteiger partial charge is 0.308 e. The van der Waals surface area contributed by atoms with Gasteiger partial charge in [-0.3, -0.25) is 4.79 Å². The zero-order valence-electron chi connectivity index (χ0n) is 8.45. The van der Waals surface area contributed by atoms with Crippen LogP contribution in [0.5, 0.6) is 0 Å². The third kappa shape index (κ3) is 2.69. The normalized spacial score (nSPS) is 34.2. The summed E-state index contributed by atoms with van der Waals surface area (Å²) >= 11 is 0. The lowest BCUT2D eigenvalue weighted by Gasteiger charge is -2.30. The van der Waals surface area contributed by atoms with Gasteiger partial charge in [-0.15, -0.1) is 0 Å². The monoisotopic (exact) mass is 185 g/mol. The van der Waals surface area contributed by atoms with Gasteiger partial charge in [0.1, 0.15) is 0 Å². The van der Waals surface area contributed by atoms with E-state index in [1.165, 1.54) is 0 Å². The van der Waals surface area contributed by atoms with Gasteiger partial charge in [0.05, 0.1) is 12.5 Å². The molecular formula is C10H19NO2. The molecule has 0 amide bonds. The standard InChI is InChI=1S/C10H19NO2/c1-3-13-10(12)8-4-5-9(11)7(2)6-8/h7-9H,3-6,11H2,1-2H3/t7-,8+,9+/m0/s1. The molecule has 1 aliphatic rings. The number of hydrogen-bond donors (Lipinski definition) is 1. The molecule has 1 saturated carbocycles. The van der Waals surface area contributed by atoms with Crippen LogP contribution >= 0.6 is 0 Å². The molecule has 0 aliphatic heterocycles. The quantitative estimate of drug-likeness (QED) is 0.660.